The molecule has 1 heterocycles. The lowest BCUT2D eigenvalue weighted by Gasteiger charge is -2.21. The van der Waals surface area contributed by atoms with Crippen molar-refractivity contribution in [2.45, 2.75) is 19.6 Å². The molecule has 0 bridgehead atoms. The second-order valence-corrected chi connectivity index (χ2v) is 6.46. The minimum absolute atomic E-state index is 0.0128. The molecule has 0 radical (unpaired) electrons. The maximum atomic E-state index is 11.6. The highest BCUT2D eigenvalue weighted by Gasteiger charge is 2.18. The van der Waals surface area contributed by atoms with E-state index in [-0.39, 0.29) is 11.9 Å². The Morgan fingerprint density at radius 1 is 1.22 bits per heavy atom. The van der Waals surface area contributed by atoms with Gasteiger partial charge in [0.2, 0.25) is 0 Å². The van der Waals surface area contributed by atoms with Crippen molar-refractivity contribution in [3.8, 4) is 5.75 Å². The monoisotopic (exact) mass is 405 g/mol. The third kappa shape index (κ3) is 5.82. The number of halogens is 2. The van der Waals surface area contributed by atoms with Crippen molar-refractivity contribution in [2.24, 2.45) is 5.73 Å². The zero-order chi connectivity index (χ0) is 19.8. The van der Waals surface area contributed by atoms with Crippen LogP contribution in [0.3, 0.4) is 0 Å². The second kappa shape index (κ2) is 10.1. The molecule has 0 fully saturated rings. The lowest BCUT2D eigenvalue weighted by Crippen LogP contribution is -2.15. The molecule has 0 aliphatic rings. The number of carbonyl (C=O) groups is 1. The smallest absolute Gasteiger partial charge is 0.159 e. The summed E-state index contributed by atoms with van der Waals surface area (Å²) in [6, 6.07) is 12.4. The number of Topliss-reactive ketones (excluding diaryl/α,β-unsaturated/α-hetero) is 1. The summed E-state index contributed by atoms with van der Waals surface area (Å²) in [5, 5.41) is 1.09. The van der Waals surface area contributed by atoms with Crippen LogP contribution >= 0.6 is 23.2 Å². The van der Waals surface area contributed by atoms with Crippen molar-refractivity contribution in [3.63, 3.8) is 0 Å². The maximum Gasteiger partial charge on any atom is 0.159 e. The van der Waals surface area contributed by atoms with Crippen LogP contribution in [-0.4, -0.2) is 22.4 Å². The molecule has 3 aromatic rings. The molecule has 0 saturated heterocycles. The molecule has 3 rings (SSSR count). The highest BCUT2D eigenvalue weighted by atomic mass is 35.5. The average Bonchev–Trinajstić information content (AvgIpc) is 3.16. The largest absolute Gasteiger partial charge is 0.484 e. The third-order valence-electron chi connectivity index (χ3n) is 3.76. The quantitative estimate of drug-likeness (QED) is 0.598. The molecule has 27 heavy (non-hydrogen) atoms. The van der Waals surface area contributed by atoms with E-state index in [1.54, 1.807) is 42.9 Å². The van der Waals surface area contributed by atoms with Gasteiger partial charge in [-0.05, 0) is 38.2 Å². The van der Waals surface area contributed by atoms with Crippen LogP contribution in [0.1, 0.15) is 28.9 Å². The number of hydrogen-bond acceptors (Lipinski definition) is 4. The minimum atomic E-state index is -0.360. The first-order chi connectivity index (χ1) is 13.0. The lowest BCUT2D eigenvalue weighted by molar-refractivity contribution is 0.101. The Kier molecular flexibility index (Phi) is 7.85. The van der Waals surface area contributed by atoms with E-state index in [1.807, 2.05) is 22.9 Å². The predicted octanol–water partition coefficient (Wildman–Crippen LogP) is 4.79. The first kappa shape index (κ1) is 21.0. The SMILES string of the molecule is CC(=O)c1cccc(OC(Cn2ccnc2)c2ccc(Cl)cc2Cl)c1.CN. The Balaban J connectivity index is 0.00000126. The van der Waals surface area contributed by atoms with Crippen molar-refractivity contribution in [1.29, 1.82) is 0 Å². The fourth-order valence-corrected chi connectivity index (χ4v) is 3.03. The van der Waals surface area contributed by atoms with Crippen LogP contribution in [0.4, 0.5) is 0 Å². The van der Waals surface area contributed by atoms with Crippen LogP contribution in [-0.2, 0) is 6.54 Å². The molecule has 1 atom stereocenters. The summed E-state index contributed by atoms with van der Waals surface area (Å²) in [5.74, 6) is 0.588. The summed E-state index contributed by atoms with van der Waals surface area (Å²) in [6.07, 6.45) is 4.91. The molecule has 5 nitrogen and oxygen atoms in total. The van der Waals surface area contributed by atoms with Gasteiger partial charge in [-0.15, -0.1) is 0 Å². The molecule has 0 aliphatic carbocycles. The summed E-state index contributed by atoms with van der Waals surface area (Å²) < 4.78 is 8.06. The maximum absolute atomic E-state index is 11.6. The molecular weight excluding hydrogens is 385 g/mol. The van der Waals surface area contributed by atoms with Gasteiger partial charge in [-0.3, -0.25) is 4.79 Å². The van der Waals surface area contributed by atoms with E-state index >= 15 is 0 Å². The Morgan fingerprint density at radius 3 is 2.63 bits per heavy atom. The van der Waals surface area contributed by atoms with Crippen molar-refractivity contribution in [2.75, 3.05) is 7.05 Å². The van der Waals surface area contributed by atoms with Gasteiger partial charge in [0.25, 0.3) is 0 Å². The van der Waals surface area contributed by atoms with E-state index in [0.717, 1.165) is 5.56 Å². The van der Waals surface area contributed by atoms with Gasteiger partial charge in [0, 0.05) is 33.6 Å². The Morgan fingerprint density at radius 2 is 2.00 bits per heavy atom. The van der Waals surface area contributed by atoms with Crippen molar-refractivity contribution < 1.29 is 9.53 Å². The number of ketones is 1. The van der Waals surface area contributed by atoms with E-state index in [4.69, 9.17) is 27.9 Å². The first-order valence-corrected chi connectivity index (χ1v) is 9.04. The topological polar surface area (TPSA) is 70.1 Å². The van der Waals surface area contributed by atoms with E-state index in [0.29, 0.717) is 27.9 Å². The van der Waals surface area contributed by atoms with Gasteiger partial charge in [0.1, 0.15) is 11.9 Å². The van der Waals surface area contributed by atoms with Crippen molar-refractivity contribution in [1.82, 2.24) is 9.55 Å². The number of carbonyl (C=O) groups excluding carboxylic acids is 1. The molecule has 7 heteroatoms. The summed E-state index contributed by atoms with van der Waals surface area (Å²) in [5.41, 5.74) is 5.91. The Hall–Kier alpha value is -2.34. The number of ether oxygens (including phenoxy) is 1. The van der Waals surface area contributed by atoms with Gasteiger partial charge in [-0.1, -0.05) is 41.4 Å². The van der Waals surface area contributed by atoms with E-state index in [2.05, 4.69) is 10.7 Å². The molecule has 0 amide bonds. The van der Waals surface area contributed by atoms with Gasteiger partial charge in [-0.25, -0.2) is 4.98 Å². The fourth-order valence-electron chi connectivity index (χ4n) is 2.50. The highest BCUT2D eigenvalue weighted by molar-refractivity contribution is 6.35. The van der Waals surface area contributed by atoms with Crippen LogP contribution in [0.25, 0.3) is 0 Å². The van der Waals surface area contributed by atoms with Crippen LogP contribution < -0.4 is 10.5 Å². The number of rotatable bonds is 6. The molecule has 2 N–H and O–H groups in total. The normalized spacial score (nSPS) is 11.3. The molecule has 0 aliphatic heterocycles. The van der Waals surface area contributed by atoms with Crippen molar-refractivity contribution in [3.05, 3.63) is 82.4 Å². The summed E-state index contributed by atoms with van der Waals surface area (Å²) in [4.78, 5) is 15.7. The number of imidazole rings is 1. The molecule has 0 saturated carbocycles. The minimum Gasteiger partial charge on any atom is -0.484 e. The summed E-state index contributed by atoms with van der Waals surface area (Å²) in [7, 11) is 1.50. The number of hydrogen-bond donors (Lipinski definition) is 1. The molecule has 2 aromatic carbocycles. The zero-order valence-corrected chi connectivity index (χ0v) is 16.6. The highest BCUT2D eigenvalue weighted by Crippen LogP contribution is 2.31. The fraction of sp³-hybridized carbons (Fsp3) is 0.200. The van der Waals surface area contributed by atoms with E-state index in [9.17, 15) is 4.79 Å². The van der Waals surface area contributed by atoms with E-state index in [1.165, 1.54) is 14.0 Å². The van der Waals surface area contributed by atoms with Gasteiger partial charge < -0.3 is 15.0 Å². The zero-order valence-electron chi connectivity index (χ0n) is 15.1. The molecule has 0 spiro atoms. The summed E-state index contributed by atoms with van der Waals surface area (Å²) >= 11 is 12.4. The predicted molar refractivity (Wildman–Crippen MR) is 109 cm³/mol. The molecule has 1 unspecified atom stereocenters. The lowest BCUT2D eigenvalue weighted by atomic mass is 10.1. The summed E-state index contributed by atoms with van der Waals surface area (Å²) in [6.45, 7) is 2.05. The molecular formula is C20H21Cl2N3O2. The van der Waals surface area contributed by atoms with Gasteiger partial charge in [-0.2, -0.15) is 0 Å². The number of nitrogens with zero attached hydrogens (tertiary/aromatic N) is 2. The number of aromatic nitrogens is 2. The molecule has 1 aromatic heterocycles. The Labute approximate surface area is 168 Å². The molecule has 142 valence electrons. The number of benzene rings is 2. The van der Waals surface area contributed by atoms with Crippen LogP contribution in [0.5, 0.6) is 5.75 Å². The van der Waals surface area contributed by atoms with Crippen LogP contribution in [0.2, 0.25) is 10.0 Å². The third-order valence-corrected chi connectivity index (χ3v) is 4.33. The first-order valence-electron chi connectivity index (χ1n) is 8.29. The van der Waals surface area contributed by atoms with Crippen LogP contribution in [0.15, 0.2) is 61.2 Å². The number of nitrogens with two attached hydrogens (primary N) is 1. The average molecular weight is 406 g/mol. The van der Waals surface area contributed by atoms with Gasteiger partial charge in [0.05, 0.1) is 12.9 Å². The van der Waals surface area contributed by atoms with Gasteiger partial charge >= 0.3 is 0 Å². The van der Waals surface area contributed by atoms with Crippen molar-refractivity contribution >= 4 is 29.0 Å². The second-order valence-electron chi connectivity index (χ2n) is 5.62. The van der Waals surface area contributed by atoms with Gasteiger partial charge in [0.15, 0.2) is 5.78 Å². The van der Waals surface area contributed by atoms with E-state index < -0.39 is 0 Å². The van der Waals surface area contributed by atoms with Crippen LogP contribution in [0, 0.1) is 0 Å². The Bertz CT molecular complexity index is 883. The standard InChI is InChI=1S/C19H16Cl2N2O2.CH5N/c1-13(24)14-3-2-4-16(9-14)25-19(11-23-8-7-22-12-23)17-6-5-15(20)10-18(17)21;1-2/h2-10,12,19H,11H2,1H3;2H2,1H3.